The fourth-order valence-electron chi connectivity index (χ4n) is 14.1. The number of fused-ring (bicyclic) bond motifs is 10. The molecule has 0 saturated heterocycles. The van der Waals surface area contributed by atoms with E-state index in [1.165, 1.54) is 102 Å². The van der Waals surface area contributed by atoms with Crippen molar-refractivity contribution < 1.29 is 4.42 Å². The van der Waals surface area contributed by atoms with Gasteiger partial charge in [0.15, 0.2) is 0 Å². The molecular weight excluding hydrogens is 934 g/mol. The van der Waals surface area contributed by atoms with Crippen LogP contribution in [0.25, 0.3) is 33.1 Å². The van der Waals surface area contributed by atoms with Gasteiger partial charge in [-0.15, -0.1) is 0 Å². The predicted octanol–water partition coefficient (Wildman–Crippen LogP) is 18.3. The summed E-state index contributed by atoms with van der Waals surface area (Å²) in [7, 11) is 0. The minimum atomic E-state index is -0.180. The van der Waals surface area contributed by atoms with Gasteiger partial charge in [-0.25, -0.2) is 0 Å². The zero-order chi connectivity index (χ0) is 53.9. The normalized spacial score (nSPS) is 19.1. The van der Waals surface area contributed by atoms with Crippen molar-refractivity contribution in [3.8, 4) is 11.1 Å². The van der Waals surface area contributed by atoms with Crippen LogP contribution in [0, 0.1) is 0 Å². The molecule has 4 aliphatic rings. The molecule has 0 N–H and O–H groups in total. The zero-order valence-corrected chi connectivity index (χ0v) is 48.2. The van der Waals surface area contributed by atoms with Crippen molar-refractivity contribution in [3.63, 3.8) is 0 Å². The Kier molecular flexibility index (Phi) is 10.8. The maximum absolute atomic E-state index is 6.91. The molecule has 1 aliphatic carbocycles. The molecule has 0 bridgehead atoms. The summed E-state index contributed by atoms with van der Waals surface area (Å²) in [4.78, 5) is 8.12. The molecule has 9 aromatic rings. The molecule has 77 heavy (non-hydrogen) atoms. The Labute approximate surface area is 459 Å². The van der Waals surface area contributed by atoms with Crippen LogP contribution in [0.5, 0.6) is 0 Å². The van der Waals surface area contributed by atoms with Gasteiger partial charge in [-0.2, -0.15) is 0 Å². The first-order valence-corrected chi connectivity index (χ1v) is 28.6. The first kappa shape index (κ1) is 49.6. The van der Waals surface area contributed by atoms with Gasteiger partial charge in [0.1, 0.15) is 11.2 Å². The third-order valence-electron chi connectivity index (χ3n) is 18.8. The van der Waals surface area contributed by atoms with Crippen LogP contribution in [0.3, 0.4) is 0 Å². The van der Waals surface area contributed by atoms with Crippen LogP contribution in [0.1, 0.15) is 150 Å². The molecule has 8 aromatic carbocycles. The number of benzene rings is 8. The van der Waals surface area contributed by atoms with Crippen LogP contribution >= 0.6 is 0 Å². The average Bonchev–Trinajstić information content (AvgIpc) is 3.73. The van der Waals surface area contributed by atoms with Gasteiger partial charge in [0.05, 0.1) is 11.2 Å². The molecule has 3 aliphatic heterocycles. The molecule has 0 amide bonds. The first-order chi connectivity index (χ1) is 36.4. The fourth-order valence-corrected chi connectivity index (χ4v) is 14.1. The van der Waals surface area contributed by atoms with Crippen molar-refractivity contribution in [1.29, 1.82) is 0 Å². The van der Waals surface area contributed by atoms with Crippen LogP contribution in [0.2, 0.25) is 0 Å². The topological polar surface area (TPSA) is 22.9 Å². The largest absolute Gasteiger partial charge is 0.456 e. The van der Waals surface area contributed by atoms with E-state index in [0.717, 1.165) is 46.2 Å². The standard InChI is InChI=1S/C72H76BN3O/c1-67(2,3)46-26-31-50(32-27-46)74-60-35-30-49(70(10,11)12)40-56(60)73-57-44-65-54(52-24-18-19-25-64(52)77-65)43-61(57)75(58-33-28-47(68(4,5)6)38-53(58)45-22-16-15-17-23-45)63-42-51(41-62(74)66(63)73)76-59-34-29-48(69(7,8)9)39-55(59)71(13)36-20-21-37-72(71,76)14/h15-19,22-35,38-44H,20-21,36-37H2,1-14H3. The smallest absolute Gasteiger partial charge is 0.252 e. The minimum Gasteiger partial charge on any atom is -0.456 e. The Morgan fingerprint density at radius 1 is 0.429 bits per heavy atom. The number of nitrogens with zero attached hydrogens (tertiary/aromatic N) is 3. The minimum absolute atomic E-state index is 0.00735. The van der Waals surface area contributed by atoms with Crippen molar-refractivity contribution in [1.82, 2.24) is 0 Å². The molecule has 0 radical (unpaired) electrons. The molecule has 2 atom stereocenters. The summed E-state index contributed by atoms with van der Waals surface area (Å²) >= 11 is 0. The molecule has 388 valence electrons. The number of anilines is 8. The van der Waals surface area contributed by atoms with Crippen LogP contribution in [0.4, 0.5) is 45.5 Å². The number of furan rings is 1. The van der Waals surface area contributed by atoms with Crippen molar-refractivity contribution in [2.45, 2.75) is 155 Å². The number of hydrogen-bond acceptors (Lipinski definition) is 4. The molecular formula is C72H76BN3O. The van der Waals surface area contributed by atoms with Gasteiger partial charge >= 0.3 is 0 Å². The van der Waals surface area contributed by atoms with Gasteiger partial charge < -0.3 is 19.1 Å². The Morgan fingerprint density at radius 3 is 1.66 bits per heavy atom. The lowest BCUT2D eigenvalue weighted by atomic mass is 9.33. The second-order valence-corrected chi connectivity index (χ2v) is 27.8. The van der Waals surface area contributed by atoms with Crippen LogP contribution in [0.15, 0.2) is 162 Å². The number of hydrogen-bond donors (Lipinski definition) is 0. The molecule has 13 rings (SSSR count). The SMILES string of the molecule is CC(C)(C)c1ccc(N2c3ccc(C(C)(C)C)cc3B3c4cc5oc6ccccc6c5cc4N(c4ccc(C(C)(C)C)cc4-c4ccccc4)c4cc(N5c6ccc(C(C)(C)C)cc6C6(C)CCCCC56C)cc2c43)cc1. The second kappa shape index (κ2) is 16.8. The molecule has 5 heteroatoms. The third kappa shape index (κ3) is 7.52. The van der Waals surface area contributed by atoms with E-state index >= 15 is 0 Å². The maximum Gasteiger partial charge on any atom is 0.252 e. The highest BCUT2D eigenvalue weighted by molar-refractivity contribution is 7.00. The van der Waals surface area contributed by atoms with Crippen molar-refractivity contribution >= 4 is 90.5 Å². The van der Waals surface area contributed by atoms with Crippen LogP contribution in [-0.2, 0) is 27.1 Å². The quantitative estimate of drug-likeness (QED) is 0.164. The van der Waals surface area contributed by atoms with Crippen LogP contribution < -0.4 is 31.1 Å². The van der Waals surface area contributed by atoms with E-state index in [1.807, 2.05) is 0 Å². The Bertz CT molecular complexity index is 3860. The van der Waals surface area contributed by atoms with E-state index in [2.05, 4.69) is 269 Å². The van der Waals surface area contributed by atoms with Crippen molar-refractivity contribution in [2.75, 3.05) is 14.7 Å². The van der Waals surface area contributed by atoms with Crippen LogP contribution in [-0.4, -0.2) is 12.3 Å². The molecule has 4 heterocycles. The lowest BCUT2D eigenvalue weighted by Crippen LogP contribution is -2.61. The summed E-state index contributed by atoms with van der Waals surface area (Å²) in [5.41, 5.74) is 24.4. The Hall–Kier alpha value is -6.98. The highest BCUT2D eigenvalue weighted by Gasteiger charge is 2.58. The zero-order valence-electron chi connectivity index (χ0n) is 48.2. The molecule has 1 saturated carbocycles. The van der Waals surface area contributed by atoms with Gasteiger partial charge in [-0.3, -0.25) is 0 Å². The molecule has 0 spiro atoms. The summed E-state index contributed by atoms with van der Waals surface area (Å²) < 4.78 is 6.91. The van der Waals surface area contributed by atoms with E-state index in [0.29, 0.717) is 0 Å². The highest BCUT2D eigenvalue weighted by atomic mass is 16.3. The summed E-state index contributed by atoms with van der Waals surface area (Å²) in [5.74, 6) is 0. The molecule has 2 unspecified atom stereocenters. The summed E-state index contributed by atoms with van der Waals surface area (Å²) in [6.45, 7) is 33.2. The second-order valence-electron chi connectivity index (χ2n) is 27.8. The molecule has 1 fully saturated rings. The van der Waals surface area contributed by atoms with Gasteiger partial charge in [-0.1, -0.05) is 194 Å². The first-order valence-electron chi connectivity index (χ1n) is 28.6. The summed E-state index contributed by atoms with van der Waals surface area (Å²) in [5, 5.41) is 2.26. The van der Waals surface area contributed by atoms with Gasteiger partial charge in [0.2, 0.25) is 0 Å². The molecule has 1 aromatic heterocycles. The average molecular weight is 1010 g/mol. The predicted molar refractivity (Wildman–Crippen MR) is 331 cm³/mol. The Morgan fingerprint density at radius 2 is 0.987 bits per heavy atom. The maximum atomic E-state index is 6.91. The van der Waals surface area contributed by atoms with Gasteiger partial charge in [0.25, 0.3) is 6.71 Å². The van der Waals surface area contributed by atoms with E-state index in [-0.39, 0.29) is 39.3 Å². The van der Waals surface area contributed by atoms with E-state index in [4.69, 9.17) is 4.42 Å². The van der Waals surface area contributed by atoms with Gasteiger partial charge in [0, 0.05) is 61.6 Å². The Balaban J connectivity index is 1.20. The third-order valence-corrected chi connectivity index (χ3v) is 18.8. The highest BCUT2D eigenvalue weighted by Crippen LogP contribution is 2.62. The lowest BCUT2D eigenvalue weighted by molar-refractivity contribution is 0.195. The molecule has 4 nitrogen and oxygen atoms in total. The van der Waals surface area contributed by atoms with E-state index in [9.17, 15) is 0 Å². The van der Waals surface area contributed by atoms with Gasteiger partial charge in [-0.05, 0) is 158 Å². The van der Waals surface area contributed by atoms with E-state index in [1.54, 1.807) is 0 Å². The fraction of sp³-hybridized carbons (Fsp3) is 0.333. The summed E-state index contributed by atoms with van der Waals surface area (Å²) in [6.07, 6.45) is 4.70. The van der Waals surface area contributed by atoms with E-state index < -0.39 is 0 Å². The summed E-state index contributed by atoms with van der Waals surface area (Å²) in [6, 6.07) is 61.5. The number of para-hydroxylation sites is 1. The van der Waals surface area contributed by atoms with Crippen molar-refractivity contribution in [3.05, 3.63) is 186 Å². The van der Waals surface area contributed by atoms with Crippen molar-refractivity contribution in [2.24, 2.45) is 0 Å². The lowest BCUT2D eigenvalue weighted by Gasteiger charge is -2.51. The monoisotopic (exact) mass is 1010 g/mol. The number of rotatable bonds is 4.